The van der Waals surface area contributed by atoms with E-state index in [1.807, 2.05) is 31.7 Å². The second kappa shape index (κ2) is 6.50. The monoisotopic (exact) mass is 275 g/mol. The number of aryl methyl sites for hydroxylation is 2. The Bertz CT molecular complexity index is 494. The minimum Gasteiger partial charge on any atom is -0.472 e. The number of allylic oxidation sites excluding steroid dienone is 1. The number of amides is 1. The van der Waals surface area contributed by atoms with Crippen LogP contribution in [0.1, 0.15) is 31.3 Å². The highest BCUT2D eigenvalue weighted by atomic mass is 16.5. The average molecular weight is 275 g/mol. The third-order valence-corrected chi connectivity index (χ3v) is 3.23. The molecule has 1 atom stereocenters. The van der Waals surface area contributed by atoms with Gasteiger partial charge in [-0.15, -0.1) is 0 Å². The molecule has 1 saturated heterocycles. The minimum atomic E-state index is 0.00616. The third kappa shape index (κ3) is 3.79. The first-order chi connectivity index (χ1) is 9.58. The van der Waals surface area contributed by atoms with Crippen molar-refractivity contribution in [3.8, 4) is 5.88 Å². The second-order valence-electron chi connectivity index (χ2n) is 5.06. The zero-order chi connectivity index (χ0) is 14.5. The van der Waals surface area contributed by atoms with Crippen molar-refractivity contribution in [2.45, 2.75) is 39.7 Å². The van der Waals surface area contributed by atoms with Gasteiger partial charge in [0.2, 0.25) is 11.8 Å². The molecule has 1 amide bonds. The Morgan fingerprint density at radius 1 is 1.45 bits per heavy atom. The molecule has 1 aliphatic rings. The van der Waals surface area contributed by atoms with Crippen molar-refractivity contribution in [1.82, 2.24) is 14.9 Å². The lowest BCUT2D eigenvalue weighted by molar-refractivity contribution is -0.128. The van der Waals surface area contributed by atoms with Gasteiger partial charge in [0.15, 0.2) is 0 Å². The molecule has 5 heteroatoms. The van der Waals surface area contributed by atoms with Crippen LogP contribution < -0.4 is 4.74 Å². The van der Waals surface area contributed by atoms with E-state index < -0.39 is 0 Å². The van der Waals surface area contributed by atoms with Crippen molar-refractivity contribution in [1.29, 1.82) is 0 Å². The number of likely N-dealkylation sites (tertiary alicyclic amines) is 1. The van der Waals surface area contributed by atoms with Gasteiger partial charge in [0.25, 0.3) is 0 Å². The van der Waals surface area contributed by atoms with Gasteiger partial charge < -0.3 is 9.64 Å². The average Bonchev–Trinajstić information content (AvgIpc) is 2.38. The van der Waals surface area contributed by atoms with Crippen LogP contribution in [0.25, 0.3) is 0 Å². The summed E-state index contributed by atoms with van der Waals surface area (Å²) in [5.74, 6) is 1.36. The lowest BCUT2D eigenvalue weighted by Gasteiger charge is -2.32. The molecule has 0 saturated carbocycles. The van der Waals surface area contributed by atoms with E-state index in [0.29, 0.717) is 18.2 Å². The summed E-state index contributed by atoms with van der Waals surface area (Å²) in [6.07, 6.45) is 5.27. The van der Waals surface area contributed by atoms with E-state index >= 15 is 0 Å². The molecule has 0 radical (unpaired) electrons. The fourth-order valence-electron chi connectivity index (χ4n) is 2.40. The van der Waals surface area contributed by atoms with E-state index in [9.17, 15) is 4.79 Å². The molecule has 1 aromatic heterocycles. The Morgan fingerprint density at radius 3 is 2.95 bits per heavy atom. The zero-order valence-corrected chi connectivity index (χ0v) is 12.3. The van der Waals surface area contributed by atoms with Crippen LogP contribution in [-0.2, 0) is 4.79 Å². The molecule has 0 bridgehead atoms. The van der Waals surface area contributed by atoms with Crippen molar-refractivity contribution < 1.29 is 9.53 Å². The van der Waals surface area contributed by atoms with Gasteiger partial charge in [0.05, 0.1) is 6.54 Å². The molecule has 2 heterocycles. The maximum atomic E-state index is 11.9. The quantitative estimate of drug-likeness (QED) is 0.792. The Kier molecular flexibility index (Phi) is 4.71. The number of aromatic nitrogens is 2. The second-order valence-corrected chi connectivity index (χ2v) is 5.06. The molecule has 0 spiro atoms. The van der Waals surface area contributed by atoms with Crippen molar-refractivity contribution in [3.05, 3.63) is 29.7 Å². The molecular weight excluding hydrogens is 254 g/mol. The third-order valence-electron chi connectivity index (χ3n) is 3.23. The standard InChI is InChI=1S/C15H21N3O2/c1-4-6-15(19)18-8-5-7-13(10-18)20-14-9-11(2)16-12(3)17-14/h4,6,9,13H,5,7-8,10H2,1-3H3/b6-4+/t13-/m0/s1. The molecule has 1 fully saturated rings. The van der Waals surface area contributed by atoms with E-state index in [-0.39, 0.29) is 12.0 Å². The molecule has 20 heavy (non-hydrogen) atoms. The van der Waals surface area contributed by atoms with Crippen LogP contribution in [0.5, 0.6) is 5.88 Å². The summed E-state index contributed by atoms with van der Waals surface area (Å²) in [6.45, 7) is 7.03. The maximum Gasteiger partial charge on any atom is 0.246 e. The molecule has 0 unspecified atom stereocenters. The number of nitrogens with zero attached hydrogens (tertiary/aromatic N) is 3. The van der Waals surface area contributed by atoms with Crippen molar-refractivity contribution >= 4 is 5.91 Å². The molecule has 108 valence electrons. The molecule has 0 aromatic carbocycles. The molecule has 2 rings (SSSR count). The Balaban J connectivity index is 2.00. The number of piperidine rings is 1. The number of ether oxygens (including phenoxy) is 1. The normalized spacial score (nSPS) is 19.4. The first-order valence-corrected chi connectivity index (χ1v) is 6.99. The SMILES string of the molecule is C/C=C/C(=O)N1CCC[C@H](Oc2cc(C)nc(C)n2)C1. The lowest BCUT2D eigenvalue weighted by Crippen LogP contribution is -2.43. The maximum absolute atomic E-state index is 11.9. The van der Waals surface area contributed by atoms with Crippen molar-refractivity contribution in [3.63, 3.8) is 0 Å². The van der Waals surface area contributed by atoms with Crippen molar-refractivity contribution in [2.24, 2.45) is 0 Å². The number of carbonyl (C=O) groups is 1. The van der Waals surface area contributed by atoms with E-state index in [1.54, 1.807) is 12.2 Å². The fraction of sp³-hybridized carbons (Fsp3) is 0.533. The fourth-order valence-corrected chi connectivity index (χ4v) is 2.40. The Labute approximate surface area is 119 Å². The highest BCUT2D eigenvalue weighted by molar-refractivity contribution is 5.87. The van der Waals surface area contributed by atoms with E-state index in [0.717, 1.165) is 25.1 Å². The zero-order valence-electron chi connectivity index (χ0n) is 12.3. The predicted octanol–water partition coefficient (Wildman–Crippen LogP) is 2.04. The smallest absolute Gasteiger partial charge is 0.246 e. The summed E-state index contributed by atoms with van der Waals surface area (Å²) >= 11 is 0. The predicted molar refractivity (Wildman–Crippen MR) is 76.6 cm³/mol. The van der Waals surface area contributed by atoms with Gasteiger partial charge in [-0.1, -0.05) is 6.08 Å². The molecule has 1 aromatic rings. The van der Waals surface area contributed by atoms with Gasteiger partial charge in [-0.2, -0.15) is 4.98 Å². The molecular formula is C15H21N3O2. The van der Waals surface area contributed by atoms with Crippen LogP contribution >= 0.6 is 0 Å². The summed E-state index contributed by atoms with van der Waals surface area (Å²) in [5, 5.41) is 0. The van der Waals surface area contributed by atoms with Crippen LogP contribution in [0, 0.1) is 13.8 Å². The van der Waals surface area contributed by atoms with Crippen LogP contribution in [0.3, 0.4) is 0 Å². The topological polar surface area (TPSA) is 55.3 Å². The van der Waals surface area contributed by atoms with E-state index in [2.05, 4.69) is 9.97 Å². The Morgan fingerprint density at radius 2 is 2.25 bits per heavy atom. The van der Waals surface area contributed by atoms with E-state index in [1.165, 1.54) is 0 Å². The van der Waals surface area contributed by atoms with Crippen LogP contribution in [0.15, 0.2) is 18.2 Å². The number of rotatable bonds is 3. The minimum absolute atomic E-state index is 0.00616. The summed E-state index contributed by atoms with van der Waals surface area (Å²) in [6, 6.07) is 1.83. The van der Waals surface area contributed by atoms with Crippen LogP contribution in [0.4, 0.5) is 0 Å². The van der Waals surface area contributed by atoms with Gasteiger partial charge in [-0.05, 0) is 39.7 Å². The number of carbonyl (C=O) groups excluding carboxylic acids is 1. The van der Waals surface area contributed by atoms with E-state index in [4.69, 9.17) is 4.74 Å². The van der Waals surface area contributed by atoms with Crippen LogP contribution in [0.2, 0.25) is 0 Å². The summed E-state index contributed by atoms with van der Waals surface area (Å²) in [5.41, 5.74) is 0.894. The summed E-state index contributed by atoms with van der Waals surface area (Å²) in [7, 11) is 0. The summed E-state index contributed by atoms with van der Waals surface area (Å²) < 4.78 is 5.91. The van der Waals surface area contributed by atoms with Gasteiger partial charge in [-0.25, -0.2) is 4.98 Å². The molecule has 1 aliphatic heterocycles. The first-order valence-electron chi connectivity index (χ1n) is 6.99. The first kappa shape index (κ1) is 14.5. The Hall–Kier alpha value is -1.91. The molecule has 0 aliphatic carbocycles. The highest BCUT2D eigenvalue weighted by Gasteiger charge is 2.24. The van der Waals surface area contributed by atoms with Gasteiger partial charge >= 0.3 is 0 Å². The molecule has 5 nitrogen and oxygen atoms in total. The number of hydrogen-bond donors (Lipinski definition) is 0. The van der Waals surface area contributed by atoms with Gasteiger partial charge in [0, 0.05) is 18.3 Å². The number of hydrogen-bond acceptors (Lipinski definition) is 4. The lowest BCUT2D eigenvalue weighted by atomic mass is 10.1. The largest absolute Gasteiger partial charge is 0.472 e. The highest BCUT2D eigenvalue weighted by Crippen LogP contribution is 2.17. The van der Waals surface area contributed by atoms with Crippen molar-refractivity contribution in [2.75, 3.05) is 13.1 Å². The van der Waals surface area contributed by atoms with Gasteiger partial charge in [0.1, 0.15) is 11.9 Å². The van der Waals surface area contributed by atoms with Crippen LogP contribution in [-0.4, -0.2) is 40.0 Å². The molecule has 0 N–H and O–H groups in total. The summed E-state index contributed by atoms with van der Waals surface area (Å²) in [4.78, 5) is 22.2. The van der Waals surface area contributed by atoms with Gasteiger partial charge in [-0.3, -0.25) is 4.79 Å².